The molecule has 2 rings (SSSR count). The lowest BCUT2D eigenvalue weighted by Gasteiger charge is -2.19. The fourth-order valence-electron chi connectivity index (χ4n) is 2.28. The third kappa shape index (κ3) is 4.77. The molecular formula is C19H16ClN5O3. The van der Waals surface area contributed by atoms with Crippen LogP contribution in [0.4, 0.5) is 5.69 Å². The summed E-state index contributed by atoms with van der Waals surface area (Å²) in [4.78, 5) is 24.3. The van der Waals surface area contributed by atoms with Crippen molar-refractivity contribution in [1.29, 1.82) is 10.5 Å². The summed E-state index contributed by atoms with van der Waals surface area (Å²) in [7, 11) is 0. The lowest BCUT2D eigenvalue weighted by atomic mass is 10.1. The fourth-order valence-corrected chi connectivity index (χ4v) is 2.49. The van der Waals surface area contributed by atoms with E-state index in [1.165, 1.54) is 30.3 Å². The molecule has 1 atom stereocenters. The van der Waals surface area contributed by atoms with Gasteiger partial charge >= 0.3 is 0 Å². The monoisotopic (exact) mass is 397 g/mol. The van der Waals surface area contributed by atoms with Gasteiger partial charge in [-0.15, -0.1) is 0 Å². The van der Waals surface area contributed by atoms with E-state index in [1.807, 2.05) is 12.1 Å². The van der Waals surface area contributed by atoms with Gasteiger partial charge in [0.15, 0.2) is 0 Å². The van der Waals surface area contributed by atoms with Crippen molar-refractivity contribution in [3.05, 3.63) is 63.7 Å². The number of aliphatic hydroxyl groups is 1. The van der Waals surface area contributed by atoms with Crippen molar-refractivity contribution in [3.8, 4) is 12.1 Å². The predicted octanol–water partition coefficient (Wildman–Crippen LogP) is 1.63. The summed E-state index contributed by atoms with van der Waals surface area (Å²) in [6.45, 7) is 1.13. The number of hydrogen-bond acceptors (Lipinski definition) is 6. The average Bonchev–Trinajstić information content (AvgIpc) is 2.73. The summed E-state index contributed by atoms with van der Waals surface area (Å²) in [5, 5.41) is 30.3. The zero-order valence-electron chi connectivity index (χ0n) is 14.8. The van der Waals surface area contributed by atoms with Gasteiger partial charge in [-0.05, 0) is 48.9 Å². The molecular weight excluding hydrogens is 382 g/mol. The van der Waals surface area contributed by atoms with E-state index < -0.39 is 24.5 Å². The number of halogens is 1. The second kappa shape index (κ2) is 9.38. The number of carbonyl (C=O) groups excluding carboxylic acids is 2. The smallest absolute Gasteiger partial charge is 0.269 e. The van der Waals surface area contributed by atoms with Crippen LogP contribution in [0.2, 0.25) is 5.02 Å². The average molecular weight is 398 g/mol. The van der Waals surface area contributed by atoms with E-state index in [0.29, 0.717) is 22.4 Å². The standard InChI is InChI=1S/C19H16ClN5O3/c1-11-15(7-6-14(9-22)17(11)20)23-16(10-26)19(28)25-24-18(27)13-4-2-12(8-21)3-5-13/h2-7,16,23,26H,10H2,1H3,(H,24,27)(H,25,28)/t16-/m1/s1. The second-order valence-corrected chi connectivity index (χ2v) is 6.10. The lowest BCUT2D eigenvalue weighted by Crippen LogP contribution is -2.50. The number of nitriles is 2. The third-order valence-corrected chi connectivity index (χ3v) is 4.40. The topological polar surface area (TPSA) is 138 Å². The third-order valence-electron chi connectivity index (χ3n) is 3.91. The molecule has 0 radical (unpaired) electrons. The first-order valence-electron chi connectivity index (χ1n) is 8.08. The molecule has 0 aromatic heterocycles. The van der Waals surface area contributed by atoms with Crippen molar-refractivity contribution < 1.29 is 14.7 Å². The number of rotatable bonds is 5. The zero-order chi connectivity index (χ0) is 20.7. The number of nitrogens with zero attached hydrogens (tertiary/aromatic N) is 2. The molecule has 0 aliphatic rings. The Morgan fingerprint density at radius 2 is 1.79 bits per heavy atom. The molecule has 0 heterocycles. The summed E-state index contributed by atoms with van der Waals surface area (Å²) in [6.07, 6.45) is 0. The lowest BCUT2D eigenvalue weighted by molar-refractivity contribution is -0.123. The number of carbonyl (C=O) groups is 2. The van der Waals surface area contributed by atoms with Crippen molar-refractivity contribution in [2.24, 2.45) is 0 Å². The Bertz CT molecular complexity index is 977. The molecule has 9 heteroatoms. The molecule has 28 heavy (non-hydrogen) atoms. The maximum absolute atomic E-state index is 12.3. The van der Waals surface area contributed by atoms with Crippen molar-refractivity contribution in [3.63, 3.8) is 0 Å². The van der Waals surface area contributed by atoms with Gasteiger partial charge < -0.3 is 10.4 Å². The largest absolute Gasteiger partial charge is 0.394 e. The zero-order valence-corrected chi connectivity index (χ0v) is 15.5. The SMILES string of the molecule is Cc1c(N[C@H](CO)C(=O)NNC(=O)c2ccc(C#N)cc2)ccc(C#N)c1Cl. The molecule has 0 saturated heterocycles. The molecule has 0 unspecified atom stereocenters. The number of hydrazine groups is 1. The van der Waals surface area contributed by atoms with Crippen LogP contribution in [0.25, 0.3) is 0 Å². The number of amides is 2. The second-order valence-electron chi connectivity index (χ2n) is 5.72. The van der Waals surface area contributed by atoms with Crippen molar-refractivity contribution >= 4 is 29.1 Å². The Labute approximate surface area is 166 Å². The molecule has 0 aliphatic heterocycles. The summed E-state index contributed by atoms with van der Waals surface area (Å²) < 4.78 is 0. The molecule has 2 aromatic rings. The van der Waals surface area contributed by atoms with Crippen molar-refractivity contribution in [2.45, 2.75) is 13.0 Å². The highest BCUT2D eigenvalue weighted by atomic mass is 35.5. The van der Waals surface area contributed by atoms with Gasteiger partial charge in [-0.2, -0.15) is 10.5 Å². The van der Waals surface area contributed by atoms with Gasteiger partial charge in [-0.3, -0.25) is 20.4 Å². The molecule has 0 saturated carbocycles. The van der Waals surface area contributed by atoms with Crippen molar-refractivity contribution in [1.82, 2.24) is 10.9 Å². The Balaban J connectivity index is 2.02. The fraction of sp³-hybridized carbons (Fsp3) is 0.158. The van der Waals surface area contributed by atoms with E-state index >= 15 is 0 Å². The number of hydrogen-bond donors (Lipinski definition) is 4. The van der Waals surface area contributed by atoms with E-state index in [-0.39, 0.29) is 10.6 Å². The van der Waals surface area contributed by atoms with Crippen LogP contribution in [0.15, 0.2) is 36.4 Å². The van der Waals surface area contributed by atoms with Crippen LogP contribution in [0.1, 0.15) is 27.0 Å². The van der Waals surface area contributed by atoms with Gasteiger partial charge in [0, 0.05) is 11.3 Å². The van der Waals surface area contributed by atoms with E-state index in [4.69, 9.17) is 22.1 Å². The number of benzene rings is 2. The van der Waals surface area contributed by atoms with Crippen LogP contribution in [-0.4, -0.2) is 29.6 Å². The van der Waals surface area contributed by atoms with E-state index in [9.17, 15) is 14.7 Å². The quantitative estimate of drug-likeness (QED) is 0.565. The molecule has 0 fully saturated rings. The Kier molecular flexibility index (Phi) is 6.94. The molecule has 2 amide bonds. The number of aliphatic hydroxyl groups excluding tert-OH is 1. The first-order chi connectivity index (χ1) is 13.4. The van der Waals surface area contributed by atoms with Gasteiger partial charge in [0.1, 0.15) is 12.1 Å². The van der Waals surface area contributed by atoms with Crippen LogP contribution >= 0.6 is 11.6 Å². The molecule has 0 spiro atoms. The summed E-state index contributed by atoms with van der Waals surface area (Å²) in [5.41, 5.74) is 6.44. The predicted molar refractivity (Wildman–Crippen MR) is 102 cm³/mol. The van der Waals surface area contributed by atoms with Crippen LogP contribution < -0.4 is 16.2 Å². The normalized spacial score (nSPS) is 10.9. The highest BCUT2D eigenvalue weighted by molar-refractivity contribution is 6.32. The first-order valence-corrected chi connectivity index (χ1v) is 8.46. The summed E-state index contributed by atoms with van der Waals surface area (Å²) >= 11 is 6.09. The Morgan fingerprint density at radius 3 is 2.36 bits per heavy atom. The Hall–Kier alpha value is -3.59. The number of nitrogens with one attached hydrogen (secondary N) is 3. The maximum Gasteiger partial charge on any atom is 0.269 e. The van der Waals surface area contributed by atoms with Gasteiger partial charge in [0.2, 0.25) is 0 Å². The van der Waals surface area contributed by atoms with Crippen LogP contribution in [0.3, 0.4) is 0 Å². The van der Waals surface area contributed by atoms with E-state index in [1.54, 1.807) is 13.0 Å². The van der Waals surface area contributed by atoms with Crippen LogP contribution in [0, 0.1) is 29.6 Å². The highest BCUT2D eigenvalue weighted by Gasteiger charge is 2.20. The van der Waals surface area contributed by atoms with E-state index in [2.05, 4.69) is 16.2 Å². The van der Waals surface area contributed by atoms with Gasteiger partial charge in [-0.25, -0.2) is 0 Å². The first kappa shape index (κ1) is 20.7. The van der Waals surface area contributed by atoms with Gasteiger partial charge in [0.05, 0.1) is 28.8 Å². The number of anilines is 1. The van der Waals surface area contributed by atoms with Gasteiger partial charge in [-0.1, -0.05) is 11.6 Å². The molecule has 2 aromatic carbocycles. The van der Waals surface area contributed by atoms with Crippen LogP contribution in [0.5, 0.6) is 0 Å². The molecule has 8 nitrogen and oxygen atoms in total. The maximum atomic E-state index is 12.3. The molecule has 4 N–H and O–H groups in total. The molecule has 0 aliphatic carbocycles. The van der Waals surface area contributed by atoms with E-state index in [0.717, 1.165) is 0 Å². The Morgan fingerprint density at radius 1 is 1.11 bits per heavy atom. The summed E-state index contributed by atoms with van der Waals surface area (Å²) in [6, 6.07) is 11.8. The molecule has 0 bridgehead atoms. The highest BCUT2D eigenvalue weighted by Crippen LogP contribution is 2.27. The minimum absolute atomic E-state index is 0.249. The van der Waals surface area contributed by atoms with Gasteiger partial charge in [0.25, 0.3) is 11.8 Å². The minimum Gasteiger partial charge on any atom is -0.394 e. The van der Waals surface area contributed by atoms with Crippen LogP contribution in [-0.2, 0) is 4.79 Å². The minimum atomic E-state index is -1.07. The molecule has 142 valence electrons. The summed E-state index contributed by atoms with van der Waals surface area (Å²) in [5.74, 6) is -1.25. The van der Waals surface area contributed by atoms with Crippen molar-refractivity contribution in [2.75, 3.05) is 11.9 Å².